The Morgan fingerprint density at radius 1 is 1.83 bits per heavy atom. The zero-order valence-corrected chi connectivity index (χ0v) is 12.9. The molecule has 0 fully saturated rings. The molecule has 0 aliphatic heterocycles. The average molecular weight is 353 g/mol. The van der Waals surface area contributed by atoms with Crippen molar-refractivity contribution in [3.8, 4) is 0 Å². The van der Waals surface area contributed by atoms with Crippen molar-refractivity contribution < 1.29 is 4.92 Å². The van der Waals surface area contributed by atoms with Crippen molar-refractivity contribution in [2.24, 2.45) is 0 Å². The van der Waals surface area contributed by atoms with Crippen LogP contribution in [-0.4, -0.2) is 31.9 Å². The summed E-state index contributed by atoms with van der Waals surface area (Å²) < 4.78 is 0.000194. The van der Waals surface area contributed by atoms with Gasteiger partial charge in [0, 0.05) is 10.7 Å². The van der Waals surface area contributed by atoms with Crippen LogP contribution in [0.25, 0.3) is 0 Å². The van der Waals surface area contributed by atoms with E-state index in [-0.39, 0.29) is 11.5 Å². The highest BCUT2D eigenvalue weighted by Crippen LogP contribution is 2.36. The second-order valence-electron chi connectivity index (χ2n) is 3.26. The van der Waals surface area contributed by atoms with Gasteiger partial charge >= 0.3 is 0 Å². The molecule has 1 aromatic rings. The quantitative estimate of drug-likeness (QED) is 0.424. The Hall–Kier alpha value is -0.670. The van der Waals surface area contributed by atoms with E-state index < -0.39 is 4.20 Å². The molecule has 0 aliphatic carbocycles. The molecule has 1 rings (SSSR count). The van der Waals surface area contributed by atoms with Gasteiger partial charge in [0.15, 0.2) is 4.20 Å². The van der Waals surface area contributed by atoms with Crippen LogP contribution >= 0.6 is 39.5 Å². The van der Waals surface area contributed by atoms with Crippen molar-refractivity contribution in [3.05, 3.63) is 39.5 Å². The van der Waals surface area contributed by atoms with Gasteiger partial charge in [-0.2, -0.15) is 0 Å². The molecule has 1 aromatic heterocycles. The van der Waals surface area contributed by atoms with E-state index in [0.717, 1.165) is 10.3 Å². The molecular formula is C9H13BrN4O2S2. The monoisotopic (exact) mass is 352 g/mol. The average Bonchev–Trinajstić information content (AvgIpc) is 2.71. The number of halogens is 1. The van der Waals surface area contributed by atoms with Crippen molar-refractivity contribution in [1.29, 1.82) is 0 Å². The van der Waals surface area contributed by atoms with E-state index in [4.69, 9.17) is 0 Å². The van der Waals surface area contributed by atoms with Crippen LogP contribution in [0.3, 0.4) is 0 Å². The summed E-state index contributed by atoms with van der Waals surface area (Å²) >= 11 is 6.13. The lowest BCUT2D eigenvalue weighted by Crippen LogP contribution is -2.41. The molecule has 1 unspecified atom stereocenters. The van der Waals surface area contributed by atoms with Gasteiger partial charge in [0.25, 0.3) is 0 Å². The maximum Gasteiger partial charge on any atom is 0.245 e. The van der Waals surface area contributed by atoms with Gasteiger partial charge in [-0.3, -0.25) is 10.1 Å². The summed E-state index contributed by atoms with van der Waals surface area (Å²) in [5.74, 6) is 0.579. The Morgan fingerprint density at radius 2 is 2.56 bits per heavy atom. The van der Waals surface area contributed by atoms with Crippen LogP contribution in [0.15, 0.2) is 23.7 Å². The topological polar surface area (TPSA) is 83.9 Å². The number of aromatic amines is 1. The van der Waals surface area contributed by atoms with Gasteiger partial charge in [-0.15, -0.1) is 23.5 Å². The Kier molecular flexibility index (Phi) is 6.03. The summed E-state index contributed by atoms with van der Waals surface area (Å²) in [4.78, 5) is 17.4. The lowest BCUT2D eigenvalue weighted by molar-refractivity contribution is -0.481. The highest BCUT2D eigenvalue weighted by molar-refractivity contribution is 9.10. The van der Waals surface area contributed by atoms with E-state index in [9.17, 15) is 10.1 Å². The normalized spacial score (nSPS) is 13.9. The van der Waals surface area contributed by atoms with Gasteiger partial charge in [-0.1, -0.05) is 6.58 Å². The Labute approximate surface area is 122 Å². The summed E-state index contributed by atoms with van der Waals surface area (Å²) in [6, 6.07) is 0. The molecule has 0 saturated carbocycles. The number of hydrogen-bond donors (Lipinski definition) is 2. The first kappa shape index (κ1) is 15.4. The van der Waals surface area contributed by atoms with E-state index in [1.54, 1.807) is 6.33 Å². The summed E-state index contributed by atoms with van der Waals surface area (Å²) in [5.41, 5.74) is 0.896. The number of thioether (sulfide) groups is 2. The van der Waals surface area contributed by atoms with E-state index in [0.29, 0.717) is 5.75 Å². The number of hydrogen-bond acceptors (Lipinski definition) is 6. The number of nitrogens with zero attached hydrogens (tertiary/aromatic N) is 2. The molecule has 6 nitrogen and oxygen atoms in total. The largest absolute Gasteiger partial charge is 0.364 e. The molecule has 18 heavy (non-hydrogen) atoms. The van der Waals surface area contributed by atoms with Crippen LogP contribution in [0.4, 0.5) is 0 Å². The molecular weight excluding hydrogens is 340 g/mol. The fourth-order valence-corrected chi connectivity index (χ4v) is 3.82. The molecule has 0 spiro atoms. The third-order valence-corrected chi connectivity index (χ3v) is 5.69. The van der Waals surface area contributed by atoms with Crippen LogP contribution in [0.2, 0.25) is 0 Å². The molecule has 2 N–H and O–H groups in total. The predicted octanol–water partition coefficient (Wildman–Crippen LogP) is 2.43. The maximum absolute atomic E-state index is 10.8. The lowest BCUT2D eigenvalue weighted by Gasteiger charge is -2.27. The zero-order valence-electron chi connectivity index (χ0n) is 9.68. The van der Waals surface area contributed by atoms with Crippen molar-refractivity contribution in [1.82, 2.24) is 15.3 Å². The number of nitrogens with one attached hydrogen (secondary N) is 2. The summed E-state index contributed by atoms with van der Waals surface area (Å²) in [6.45, 7) is 3.38. The fraction of sp³-hybridized carbons (Fsp3) is 0.444. The number of rotatable bonds is 8. The van der Waals surface area contributed by atoms with E-state index in [2.05, 4.69) is 37.8 Å². The van der Waals surface area contributed by atoms with Crippen molar-refractivity contribution in [2.45, 2.75) is 9.96 Å². The smallest absolute Gasteiger partial charge is 0.245 e. The molecule has 0 amide bonds. The SMILES string of the molecule is C=CNC(C[N+](=O)[O-])(SC)SCc1[nH]cnc1Br. The Balaban J connectivity index is 2.74. The molecule has 0 aromatic carbocycles. The van der Waals surface area contributed by atoms with Gasteiger partial charge in [0.2, 0.25) is 6.54 Å². The minimum atomic E-state index is -0.726. The minimum absolute atomic E-state index is 0.198. The molecule has 0 aliphatic rings. The number of aromatic nitrogens is 2. The first-order valence-corrected chi connectivity index (χ1v) is 7.90. The number of nitro groups is 1. The third-order valence-electron chi connectivity index (χ3n) is 2.10. The maximum atomic E-state index is 10.8. The Bertz CT molecular complexity index is 428. The van der Waals surface area contributed by atoms with E-state index in [1.165, 1.54) is 29.7 Å². The van der Waals surface area contributed by atoms with Gasteiger partial charge < -0.3 is 10.3 Å². The standard InChI is InChI=1S/C9H13BrN4O2S2/c1-3-13-9(17-2,5-14(15)16)18-4-7-8(10)12-6-11-7/h3,6,13H,1,4-5H2,2H3,(H,11,12). The number of H-pyrrole nitrogens is 1. The molecule has 0 bridgehead atoms. The van der Waals surface area contributed by atoms with Gasteiger partial charge in [-0.25, -0.2) is 4.98 Å². The van der Waals surface area contributed by atoms with Crippen molar-refractivity contribution in [2.75, 3.05) is 12.8 Å². The lowest BCUT2D eigenvalue weighted by atomic mass is 10.6. The van der Waals surface area contributed by atoms with Crippen LogP contribution in [0.5, 0.6) is 0 Å². The Morgan fingerprint density at radius 3 is 3.00 bits per heavy atom. The molecule has 100 valence electrons. The molecule has 0 radical (unpaired) electrons. The van der Waals surface area contributed by atoms with E-state index >= 15 is 0 Å². The second kappa shape index (κ2) is 7.05. The van der Waals surface area contributed by atoms with Crippen LogP contribution in [-0.2, 0) is 5.75 Å². The zero-order chi connectivity index (χ0) is 13.6. The molecule has 1 heterocycles. The highest BCUT2D eigenvalue weighted by atomic mass is 79.9. The molecule has 1 atom stereocenters. The number of imidazole rings is 1. The van der Waals surface area contributed by atoms with Crippen LogP contribution < -0.4 is 5.32 Å². The van der Waals surface area contributed by atoms with Crippen LogP contribution in [0.1, 0.15) is 5.69 Å². The summed E-state index contributed by atoms with van der Waals surface area (Å²) in [6.07, 6.45) is 4.89. The van der Waals surface area contributed by atoms with Gasteiger partial charge in [0.05, 0.1) is 12.0 Å². The summed E-state index contributed by atoms with van der Waals surface area (Å²) in [5, 5.41) is 13.7. The third kappa shape index (κ3) is 4.21. The van der Waals surface area contributed by atoms with Crippen molar-refractivity contribution in [3.63, 3.8) is 0 Å². The van der Waals surface area contributed by atoms with E-state index in [1.807, 2.05) is 6.26 Å². The highest BCUT2D eigenvalue weighted by Gasteiger charge is 2.35. The predicted molar refractivity (Wildman–Crippen MR) is 79.0 cm³/mol. The molecule has 0 saturated heterocycles. The van der Waals surface area contributed by atoms with Crippen molar-refractivity contribution >= 4 is 39.5 Å². The first-order valence-electron chi connectivity index (χ1n) is 4.90. The fourth-order valence-electron chi connectivity index (χ4n) is 1.24. The van der Waals surface area contributed by atoms with Gasteiger partial charge in [0.1, 0.15) is 4.60 Å². The minimum Gasteiger partial charge on any atom is -0.364 e. The van der Waals surface area contributed by atoms with Crippen LogP contribution in [0, 0.1) is 10.1 Å². The second-order valence-corrected chi connectivity index (χ2v) is 6.65. The summed E-state index contributed by atoms with van der Waals surface area (Å²) in [7, 11) is 0. The first-order chi connectivity index (χ1) is 8.53. The van der Waals surface area contributed by atoms with Gasteiger partial charge in [-0.05, 0) is 28.4 Å². The molecule has 9 heteroatoms.